The number of piperidine rings is 1. The summed E-state index contributed by atoms with van der Waals surface area (Å²) in [4.78, 5) is 45.6. The molecule has 4 aliphatic rings. The first-order chi connectivity index (χ1) is 16.6. The minimum atomic E-state index is -0.439. The number of nitrogens with one attached hydrogen (secondary N) is 1. The number of hydroxylamine groups is 2. The van der Waals surface area contributed by atoms with Gasteiger partial charge in [0, 0.05) is 19.0 Å². The monoisotopic (exact) mass is 483 g/mol. The van der Waals surface area contributed by atoms with Crippen LogP contribution in [0, 0.1) is 11.3 Å². The van der Waals surface area contributed by atoms with E-state index >= 15 is 0 Å². The van der Waals surface area contributed by atoms with Crippen LogP contribution in [-0.2, 0) is 25.8 Å². The van der Waals surface area contributed by atoms with Gasteiger partial charge in [-0.15, -0.1) is 0 Å². The van der Waals surface area contributed by atoms with E-state index in [1.165, 1.54) is 5.06 Å². The molecule has 1 spiro atoms. The average Bonchev–Trinajstić information content (AvgIpc) is 2.98. The second-order valence-corrected chi connectivity index (χ2v) is 11.9. The zero-order chi connectivity index (χ0) is 24.8. The maximum absolute atomic E-state index is 13.1. The largest absolute Gasteiger partial charge is 0.460 e. The number of nitrogens with zero attached hydrogens (tertiary/aromatic N) is 2. The lowest BCUT2D eigenvalue weighted by Gasteiger charge is -2.58. The summed E-state index contributed by atoms with van der Waals surface area (Å²) < 4.78 is 5.44. The van der Waals surface area contributed by atoms with Gasteiger partial charge in [0.1, 0.15) is 18.2 Å². The quantitative estimate of drug-likeness (QED) is 0.596. The van der Waals surface area contributed by atoms with E-state index in [-0.39, 0.29) is 35.4 Å². The van der Waals surface area contributed by atoms with Crippen molar-refractivity contribution in [3.05, 3.63) is 35.9 Å². The molecule has 2 saturated heterocycles. The first-order valence-electron chi connectivity index (χ1n) is 12.9. The van der Waals surface area contributed by atoms with Crippen molar-refractivity contribution in [3.63, 3.8) is 0 Å². The van der Waals surface area contributed by atoms with Crippen molar-refractivity contribution in [3.8, 4) is 0 Å². The van der Waals surface area contributed by atoms with E-state index in [1.807, 2.05) is 51.1 Å². The van der Waals surface area contributed by atoms with Gasteiger partial charge in [0.05, 0.1) is 6.04 Å². The SMILES string of the molecule is CC(C)(C)OC(=O)CC1CC2(C1)CC(NC(=O)[C@@H]1CC[C@@H]3CN1C(=O)N3OCc1ccccc1)C2. The Bertz CT molecular complexity index is 961. The number of hydrogen-bond acceptors (Lipinski definition) is 5. The molecule has 0 unspecified atom stereocenters. The van der Waals surface area contributed by atoms with Gasteiger partial charge in [-0.2, -0.15) is 5.06 Å². The predicted molar refractivity (Wildman–Crippen MR) is 129 cm³/mol. The highest BCUT2D eigenvalue weighted by atomic mass is 16.7. The predicted octanol–water partition coefficient (Wildman–Crippen LogP) is 3.79. The second kappa shape index (κ2) is 9.12. The Morgan fingerprint density at radius 3 is 2.49 bits per heavy atom. The molecule has 1 aromatic carbocycles. The van der Waals surface area contributed by atoms with Crippen molar-refractivity contribution in [2.24, 2.45) is 11.3 Å². The summed E-state index contributed by atoms with van der Waals surface area (Å²) in [5.74, 6) is 0.223. The molecule has 2 atom stereocenters. The fourth-order valence-electron chi connectivity index (χ4n) is 6.44. The third-order valence-electron chi connectivity index (χ3n) is 7.86. The van der Waals surface area contributed by atoms with Crippen LogP contribution in [0.2, 0.25) is 0 Å². The summed E-state index contributed by atoms with van der Waals surface area (Å²) in [7, 11) is 0. The fraction of sp³-hybridized carbons (Fsp3) is 0.667. The van der Waals surface area contributed by atoms with E-state index in [0.29, 0.717) is 31.9 Å². The number of amides is 3. The van der Waals surface area contributed by atoms with Gasteiger partial charge in [-0.1, -0.05) is 30.3 Å². The number of esters is 1. The van der Waals surface area contributed by atoms with E-state index in [1.54, 1.807) is 4.90 Å². The van der Waals surface area contributed by atoms with Crippen LogP contribution in [-0.4, -0.2) is 58.1 Å². The minimum absolute atomic E-state index is 0.000817. The molecule has 8 nitrogen and oxygen atoms in total. The Labute approximate surface area is 207 Å². The van der Waals surface area contributed by atoms with Crippen LogP contribution in [0.15, 0.2) is 30.3 Å². The number of urea groups is 1. The number of carbonyl (C=O) groups excluding carboxylic acids is 3. The highest BCUT2D eigenvalue weighted by Crippen LogP contribution is 2.59. The molecule has 2 heterocycles. The summed E-state index contributed by atoms with van der Waals surface area (Å²) in [5, 5.41) is 4.66. The van der Waals surface area contributed by atoms with E-state index < -0.39 is 11.6 Å². The first-order valence-corrected chi connectivity index (χ1v) is 12.9. The molecular weight excluding hydrogens is 446 g/mol. The molecule has 4 fully saturated rings. The molecule has 1 N–H and O–H groups in total. The Hall–Kier alpha value is -2.61. The van der Waals surface area contributed by atoms with Gasteiger partial charge in [0.25, 0.3) is 0 Å². The highest BCUT2D eigenvalue weighted by Gasteiger charge is 2.54. The molecule has 2 bridgehead atoms. The highest BCUT2D eigenvalue weighted by molar-refractivity contribution is 5.88. The zero-order valence-corrected chi connectivity index (χ0v) is 21.0. The molecule has 2 aliphatic carbocycles. The van der Waals surface area contributed by atoms with E-state index in [4.69, 9.17) is 9.57 Å². The molecule has 190 valence electrons. The third-order valence-corrected chi connectivity index (χ3v) is 7.86. The number of fused-ring (bicyclic) bond motifs is 2. The van der Waals surface area contributed by atoms with Crippen LogP contribution >= 0.6 is 0 Å². The topological polar surface area (TPSA) is 88.2 Å². The Balaban J connectivity index is 1.05. The molecule has 0 aromatic heterocycles. The fourth-order valence-corrected chi connectivity index (χ4v) is 6.44. The lowest BCUT2D eigenvalue weighted by molar-refractivity contribution is -0.159. The molecule has 5 rings (SSSR count). The minimum Gasteiger partial charge on any atom is -0.460 e. The van der Waals surface area contributed by atoms with Gasteiger partial charge >= 0.3 is 12.0 Å². The van der Waals surface area contributed by atoms with Gasteiger partial charge in [-0.25, -0.2) is 4.79 Å². The second-order valence-electron chi connectivity index (χ2n) is 11.9. The molecule has 2 aliphatic heterocycles. The van der Waals surface area contributed by atoms with Crippen LogP contribution in [0.1, 0.15) is 71.3 Å². The van der Waals surface area contributed by atoms with Gasteiger partial charge in [0.2, 0.25) is 5.91 Å². The Morgan fingerprint density at radius 1 is 1.09 bits per heavy atom. The smallest absolute Gasteiger partial charge is 0.345 e. The summed E-state index contributed by atoms with van der Waals surface area (Å²) >= 11 is 0. The van der Waals surface area contributed by atoms with Crippen LogP contribution in [0.25, 0.3) is 0 Å². The van der Waals surface area contributed by atoms with Gasteiger partial charge in [0.15, 0.2) is 0 Å². The van der Waals surface area contributed by atoms with Crippen LogP contribution in [0.4, 0.5) is 4.79 Å². The summed E-state index contributed by atoms with van der Waals surface area (Å²) in [5.41, 5.74) is 0.841. The van der Waals surface area contributed by atoms with Crippen molar-refractivity contribution < 1.29 is 24.0 Å². The summed E-state index contributed by atoms with van der Waals surface area (Å²) in [6, 6.07) is 9.30. The van der Waals surface area contributed by atoms with Gasteiger partial charge < -0.3 is 15.0 Å². The molecule has 1 aromatic rings. The zero-order valence-electron chi connectivity index (χ0n) is 21.0. The summed E-state index contributed by atoms with van der Waals surface area (Å²) in [6.07, 6.45) is 5.88. The third kappa shape index (κ3) is 5.17. The molecular formula is C27H37N3O5. The van der Waals surface area contributed by atoms with Crippen LogP contribution in [0.3, 0.4) is 0 Å². The van der Waals surface area contributed by atoms with Crippen molar-refractivity contribution in [2.45, 2.75) is 96.1 Å². The number of hydrogen-bond donors (Lipinski definition) is 1. The van der Waals surface area contributed by atoms with Crippen molar-refractivity contribution >= 4 is 17.9 Å². The van der Waals surface area contributed by atoms with E-state index in [2.05, 4.69) is 5.32 Å². The molecule has 3 amide bonds. The van der Waals surface area contributed by atoms with Crippen molar-refractivity contribution in [1.82, 2.24) is 15.3 Å². The number of rotatable bonds is 7. The molecule has 0 radical (unpaired) electrons. The number of benzene rings is 1. The molecule has 8 heteroatoms. The average molecular weight is 484 g/mol. The van der Waals surface area contributed by atoms with Gasteiger partial charge in [-0.05, 0) is 76.2 Å². The molecule has 35 heavy (non-hydrogen) atoms. The normalized spacial score (nSPS) is 31.7. The maximum atomic E-state index is 13.1. The van der Waals surface area contributed by atoms with Crippen LogP contribution in [0.5, 0.6) is 0 Å². The Morgan fingerprint density at radius 2 is 1.80 bits per heavy atom. The lowest BCUT2D eigenvalue weighted by atomic mass is 9.49. The Kier molecular flexibility index (Phi) is 6.28. The van der Waals surface area contributed by atoms with Crippen molar-refractivity contribution in [1.29, 1.82) is 0 Å². The standard InChI is InChI=1S/C27H37N3O5/c1-26(2,3)35-23(31)11-19-12-27(13-19)14-20(15-27)28-24(32)22-10-9-21-16-29(22)25(33)30(21)34-17-18-7-5-4-6-8-18/h4-8,19-22H,9-17H2,1-3H3,(H,28,32)/t19?,20?,21-,22+,27?/m1/s1. The van der Waals surface area contributed by atoms with Gasteiger partial charge in [-0.3, -0.25) is 14.4 Å². The van der Waals surface area contributed by atoms with E-state index in [0.717, 1.165) is 37.7 Å². The van der Waals surface area contributed by atoms with Crippen LogP contribution < -0.4 is 5.32 Å². The van der Waals surface area contributed by atoms with Crippen molar-refractivity contribution in [2.75, 3.05) is 6.54 Å². The number of ether oxygens (including phenoxy) is 1. The van der Waals surface area contributed by atoms with E-state index in [9.17, 15) is 14.4 Å². The maximum Gasteiger partial charge on any atom is 0.345 e. The lowest BCUT2D eigenvalue weighted by Crippen LogP contribution is -2.59. The molecule has 2 saturated carbocycles. The number of carbonyl (C=O) groups is 3. The summed E-state index contributed by atoms with van der Waals surface area (Å²) in [6.45, 7) is 6.55. The first kappa shape index (κ1) is 24.1.